The molecule has 7 heteroatoms. The molecule has 2 rings (SSSR count). The summed E-state index contributed by atoms with van der Waals surface area (Å²) in [4.78, 5) is 20.4. The number of nitrogens with one attached hydrogen (secondary N) is 1. The summed E-state index contributed by atoms with van der Waals surface area (Å²) in [6, 6.07) is 3.61. The first-order valence-electron chi connectivity index (χ1n) is 5.04. The smallest absolute Gasteiger partial charge is 0.260 e. The second-order valence-electron chi connectivity index (χ2n) is 3.67. The number of nitrogens with zero attached hydrogens (tertiary/aromatic N) is 2. The molecule has 0 spiro atoms. The van der Waals surface area contributed by atoms with Crippen LogP contribution in [0.4, 0.5) is 5.95 Å². The van der Waals surface area contributed by atoms with Crippen molar-refractivity contribution < 1.29 is 4.79 Å². The van der Waals surface area contributed by atoms with Gasteiger partial charge in [-0.3, -0.25) is 10.1 Å². The predicted octanol–water partition coefficient (Wildman–Crippen LogP) is 3.93. The summed E-state index contributed by atoms with van der Waals surface area (Å²) in [5.41, 5.74) is 2.21. The minimum absolute atomic E-state index is 0.228. The molecule has 2 heterocycles. The average Bonchev–Trinajstić information content (AvgIpc) is 2.56. The number of amides is 1. The molecule has 4 nitrogen and oxygen atoms in total. The number of carbonyl (C=O) groups is 1. The van der Waals surface area contributed by atoms with E-state index in [0.29, 0.717) is 11.5 Å². The number of aryl methyl sites for hydroxylation is 2. The van der Waals surface area contributed by atoms with Gasteiger partial charge >= 0.3 is 0 Å². The molecule has 0 aromatic carbocycles. The van der Waals surface area contributed by atoms with Crippen molar-refractivity contribution in [1.29, 1.82) is 0 Å². The highest BCUT2D eigenvalue weighted by molar-refractivity contribution is 9.12. The van der Waals surface area contributed by atoms with Crippen LogP contribution in [0.3, 0.4) is 0 Å². The number of hydrogen-bond acceptors (Lipinski definition) is 4. The molecule has 0 radical (unpaired) electrons. The average molecular weight is 391 g/mol. The van der Waals surface area contributed by atoms with Crippen LogP contribution in [0.1, 0.15) is 21.7 Å². The van der Waals surface area contributed by atoms with Crippen LogP contribution in [0.15, 0.2) is 19.7 Å². The molecule has 1 N–H and O–H groups in total. The van der Waals surface area contributed by atoms with Crippen molar-refractivity contribution in [2.75, 3.05) is 5.32 Å². The fourth-order valence-electron chi connectivity index (χ4n) is 1.45. The Hall–Kier alpha value is -0.790. The van der Waals surface area contributed by atoms with Gasteiger partial charge in [-0.1, -0.05) is 0 Å². The molecule has 0 saturated carbocycles. The van der Waals surface area contributed by atoms with E-state index in [1.165, 1.54) is 11.3 Å². The zero-order valence-corrected chi connectivity index (χ0v) is 13.6. The Morgan fingerprint density at radius 2 is 1.83 bits per heavy atom. The normalized spacial score (nSPS) is 10.4. The summed E-state index contributed by atoms with van der Waals surface area (Å²) in [7, 11) is 0. The van der Waals surface area contributed by atoms with Crippen LogP contribution >= 0.6 is 43.2 Å². The number of aromatic nitrogens is 2. The Labute approximate surface area is 125 Å². The molecular weight excluding hydrogens is 382 g/mol. The van der Waals surface area contributed by atoms with E-state index in [4.69, 9.17) is 0 Å². The lowest BCUT2D eigenvalue weighted by Crippen LogP contribution is -2.14. The molecule has 0 atom stereocenters. The van der Waals surface area contributed by atoms with Crippen molar-refractivity contribution in [1.82, 2.24) is 9.97 Å². The number of anilines is 1. The van der Waals surface area contributed by atoms with Crippen molar-refractivity contribution in [3.63, 3.8) is 0 Å². The lowest BCUT2D eigenvalue weighted by molar-refractivity contribution is 0.102. The number of carbonyl (C=O) groups excluding carboxylic acids is 1. The van der Waals surface area contributed by atoms with Crippen molar-refractivity contribution in [2.45, 2.75) is 13.8 Å². The molecule has 1 amide bonds. The van der Waals surface area contributed by atoms with Crippen LogP contribution in [0.5, 0.6) is 0 Å². The second-order valence-corrected chi connectivity index (χ2v) is 7.42. The van der Waals surface area contributed by atoms with Gasteiger partial charge in [-0.05, 0) is 57.8 Å². The standard InChI is InChI=1S/C11H9Br2N3OS/c1-5-3-6(2)15-11(14-5)16-10(17)7-4-8(12)18-9(7)13/h3-4H,1-2H3,(H,14,15,16,17). The van der Waals surface area contributed by atoms with Crippen LogP contribution in [0.25, 0.3) is 0 Å². The number of rotatable bonds is 2. The molecule has 0 aliphatic carbocycles. The molecule has 18 heavy (non-hydrogen) atoms. The minimum atomic E-state index is -0.228. The molecule has 0 fully saturated rings. The minimum Gasteiger partial charge on any atom is -0.290 e. The first-order chi connectivity index (χ1) is 8.45. The van der Waals surface area contributed by atoms with Crippen molar-refractivity contribution in [3.05, 3.63) is 36.7 Å². The van der Waals surface area contributed by atoms with E-state index in [-0.39, 0.29) is 5.91 Å². The van der Waals surface area contributed by atoms with E-state index in [9.17, 15) is 4.79 Å². The second kappa shape index (κ2) is 5.46. The summed E-state index contributed by atoms with van der Waals surface area (Å²) in [5.74, 6) is 0.0977. The molecule has 0 aliphatic heterocycles. The van der Waals surface area contributed by atoms with Gasteiger partial charge in [0, 0.05) is 11.4 Å². The van der Waals surface area contributed by atoms with Gasteiger partial charge < -0.3 is 0 Å². The fraction of sp³-hybridized carbons (Fsp3) is 0.182. The Balaban J connectivity index is 2.23. The number of thiophene rings is 1. The van der Waals surface area contributed by atoms with E-state index in [2.05, 4.69) is 47.1 Å². The van der Waals surface area contributed by atoms with Crippen molar-refractivity contribution in [3.8, 4) is 0 Å². The highest BCUT2D eigenvalue weighted by Crippen LogP contribution is 2.32. The van der Waals surface area contributed by atoms with Gasteiger partial charge in [0.25, 0.3) is 5.91 Å². The van der Waals surface area contributed by atoms with E-state index in [0.717, 1.165) is 19.0 Å². The highest BCUT2D eigenvalue weighted by Gasteiger charge is 2.15. The zero-order valence-electron chi connectivity index (χ0n) is 9.62. The SMILES string of the molecule is Cc1cc(C)nc(NC(=O)c2cc(Br)sc2Br)n1. The summed E-state index contributed by atoms with van der Waals surface area (Å²) in [5, 5.41) is 2.69. The third-order valence-corrected chi connectivity index (χ3v) is 4.45. The zero-order chi connectivity index (χ0) is 13.3. The topological polar surface area (TPSA) is 54.9 Å². The molecule has 2 aromatic rings. The molecule has 2 aromatic heterocycles. The van der Waals surface area contributed by atoms with Gasteiger partial charge in [0.05, 0.1) is 13.1 Å². The van der Waals surface area contributed by atoms with Crippen molar-refractivity contribution in [2.24, 2.45) is 0 Å². The van der Waals surface area contributed by atoms with E-state index in [1.54, 1.807) is 6.07 Å². The number of hydrogen-bond donors (Lipinski definition) is 1. The van der Waals surface area contributed by atoms with Gasteiger partial charge in [0.1, 0.15) is 0 Å². The van der Waals surface area contributed by atoms with Crippen LogP contribution in [0.2, 0.25) is 0 Å². The molecular formula is C11H9Br2N3OS. The van der Waals surface area contributed by atoms with Crippen LogP contribution in [-0.2, 0) is 0 Å². The molecule has 0 saturated heterocycles. The third kappa shape index (κ3) is 3.15. The van der Waals surface area contributed by atoms with Gasteiger partial charge in [0.2, 0.25) is 5.95 Å². The van der Waals surface area contributed by atoms with Gasteiger partial charge in [-0.15, -0.1) is 11.3 Å². The predicted molar refractivity (Wildman–Crippen MR) is 79.2 cm³/mol. The summed E-state index contributed by atoms with van der Waals surface area (Å²) < 4.78 is 1.66. The van der Waals surface area contributed by atoms with Crippen molar-refractivity contribution >= 4 is 55.1 Å². The first kappa shape index (κ1) is 13.6. The summed E-state index contributed by atoms with van der Waals surface area (Å²) in [6.07, 6.45) is 0. The lowest BCUT2D eigenvalue weighted by Gasteiger charge is -2.04. The van der Waals surface area contributed by atoms with E-state index < -0.39 is 0 Å². The molecule has 0 aliphatic rings. The van der Waals surface area contributed by atoms with E-state index >= 15 is 0 Å². The van der Waals surface area contributed by atoms with E-state index in [1.807, 2.05) is 19.9 Å². The first-order valence-corrected chi connectivity index (χ1v) is 7.44. The molecule has 94 valence electrons. The lowest BCUT2D eigenvalue weighted by atomic mass is 10.3. The maximum Gasteiger partial charge on any atom is 0.260 e. The summed E-state index contributed by atoms with van der Waals surface area (Å²) >= 11 is 8.13. The largest absolute Gasteiger partial charge is 0.290 e. The highest BCUT2D eigenvalue weighted by atomic mass is 79.9. The van der Waals surface area contributed by atoms with Gasteiger partial charge in [0.15, 0.2) is 0 Å². The molecule has 0 bridgehead atoms. The third-order valence-electron chi connectivity index (χ3n) is 2.11. The Morgan fingerprint density at radius 3 is 2.33 bits per heavy atom. The van der Waals surface area contributed by atoms with Crippen LogP contribution in [0, 0.1) is 13.8 Å². The molecule has 0 unspecified atom stereocenters. The monoisotopic (exact) mass is 389 g/mol. The van der Waals surface area contributed by atoms with Gasteiger partial charge in [-0.2, -0.15) is 0 Å². The summed E-state index contributed by atoms with van der Waals surface area (Å²) in [6.45, 7) is 3.73. The fourth-order valence-corrected chi connectivity index (χ4v) is 4.24. The maximum absolute atomic E-state index is 12.0. The van der Waals surface area contributed by atoms with Gasteiger partial charge in [-0.25, -0.2) is 9.97 Å². The Morgan fingerprint density at radius 1 is 1.22 bits per heavy atom. The quantitative estimate of drug-likeness (QED) is 0.844. The Bertz CT molecular complexity index is 592. The van der Waals surface area contributed by atoms with Crippen LogP contribution < -0.4 is 5.32 Å². The van der Waals surface area contributed by atoms with Crippen LogP contribution in [-0.4, -0.2) is 15.9 Å². The number of halogens is 2. The maximum atomic E-state index is 12.0. The Kier molecular flexibility index (Phi) is 4.14.